The van der Waals surface area contributed by atoms with Crippen molar-refractivity contribution in [3.63, 3.8) is 0 Å². The lowest BCUT2D eigenvalue weighted by Gasteiger charge is -2.36. The number of carbonyl (C=O) groups is 2. The maximum absolute atomic E-state index is 12.1. The van der Waals surface area contributed by atoms with Crippen LogP contribution in [0.2, 0.25) is 0 Å². The van der Waals surface area contributed by atoms with Gasteiger partial charge >= 0.3 is 5.97 Å². The monoisotopic (exact) mass is 271 g/mol. The molecule has 2 atom stereocenters. The highest BCUT2D eigenvalue weighted by Gasteiger charge is 2.33. The third-order valence-electron chi connectivity index (χ3n) is 3.34. The number of rotatable bonds is 5. The molecular formula is C14H25NO4. The summed E-state index contributed by atoms with van der Waals surface area (Å²) in [7, 11) is 0. The van der Waals surface area contributed by atoms with Crippen LogP contribution in [-0.2, 0) is 19.1 Å². The van der Waals surface area contributed by atoms with E-state index >= 15 is 0 Å². The summed E-state index contributed by atoms with van der Waals surface area (Å²) < 4.78 is 10.5. The van der Waals surface area contributed by atoms with Gasteiger partial charge in [0, 0.05) is 12.6 Å². The number of carbonyl (C=O) groups excluding carboxylic acids is 2. The van der Waals surface area contributed by atoms with Crippen molar-refractivity contribution in [1.29, 1.82) is 0 Å². The van der Waals surface area contributed by atoms with E-state index in [2.05, 4.69) is 5.32 Å². The van der Waals surface area contributed by atoms with Crippen molar-refractivity contribution in [3.05, 3.63) is 0 Å². The molecule has 0 bridgehead atoms. The topological polar surface area (TPSA) is 64.6 Å². The molecule has 0 saturated carbocycles. The first-order valence-corrected chi connectivity index (χ1v) is 7.00. The summed E-state index contributed by atoms with van der Waals surface area (Å²) in [5.41, 5.74) is -0.220. The number of hydrogen-bond donors (Lipinski definition) is 1. The van der Waals surface area contributed by atoms with Crippen molar-refractivity contribution < 1.29 is 19.1 Å². The van der Waals surface area contributed by atoms with Crippen molar-refractivity contribution in [3.8, 4) is 0 Å². The molecule has 0 aromatic carbocycles. The van der Waals surface area contributed by atoms with Crippen molar-refractivity contribution in [2.75, 3.05) is 13.2 Å². The quantitative estimate of drug-likeness (QED) is 0.610. The van der Waals surface area contributed by atoms with Gasteiger partial charge in [0.1, 0.15) is 5.92 Å². The fourth-order valence-corrected chi connectivity index (χ4v) is 2.36. The van der Waals surface area contributed by atoms with Crippen LogP contribution in [0.3, 0.4) is 0 Å². The van der Waals surface area contributed by atoms with E-state index < -0.39 is 11.9 Å². The molecular weight excluding hydrogens is 246 g/mol. The lowest BCUT2D eigenvalue weighted by atomic mass is 9.93. The van der Waals surface area contributed by atoms with Gasteiger partial charge in [0.05, 0.1) is 12.2 Å². The third-order valence-corrected chi connectivity index (χ3v) is 3.34. The highest BCUT2D eigenvalue weighted by atomic mass is 16.5. The van der Waals surface area contributed by atoms with Gasteiger partial charge in [-0.2, -0.15) is 0 Å². The zero-order valence-corrected chi connectivity index (χ0v) is 12.3. The highest BCUT2D eigenvalue weighted by Crippen LogP contribution is 2.24. The van der Waals surface area contributed by atoms with Gasteiger partial charge in [0.2, 0.25) is 5.91 Å². The molecule has 1 aliphatic rings. The second kappa shape index (κ2) is 6.89. The van der Waals surface area contributed by atoms with E-state index in [4.69, 9.17) is 9.47 Å². The zero-order chi connectivity index (χ0) is 14.5. The second-order valence-corrected chi connectivity index (χ2v) is 5.52. The predicted octanol–water partition coefficient (Wildman–Crippen LogP) is 1.65. The Balaban J connectivity index is 2.55. The van der Waals surface area contributed by atoms with Crippen LogP contribution in [0, 0.1) is 5.92 Å². The van der Waals surface area contributed by atoms with Crippen molar-refractivity contribution in [1.82, 2.24) is 5.32 Å². The maximum Gasteiger partial charge on any atom is 0.318 e. The molecule has 1 fully saturated rings. The van der Waals surface area contributed by atoms with Gasteiger partial charge in [-0.15, -0.1) is 0 Å². The summed E-state index contributed by atoms with van der Waals surface area (Å²) in [5, 5.41) is 2.95. The Labute approximate surface area is 115 Å². The van der Waals surface area contributed by atoms with Crippen LogP contribution in [-0.4, -0.2) is 36.7 Å². The fourth-order valence-electron chi connectivity index (χ4n) is 2.36. The van der Waals surface area contributed by atoms with E-state index in [9.17, 15) is 9.59 Å². The average molecular weight is 271 g/mol. The molecule has 1 heterocycles. The number of esters is 1. The smallest absolute Gasteiger partial charge is 0.318 e. The molecule has 5 heteroatoms. The molecule has 0 radical (unpaired) electrons. The highest BCUT2D eigenvalue weighted by molar-refractivity contribution is 5.97. The molecule has 1 aliphatic heterocycles. The minimum absolute atomic E-state index is 0.0692. The van der Waals surface area contributed by atoms with Crippen LogP contribution in [0.25, 0.3) is 0 Å². The van der Waals surface area contributed by atoms with E-state index in [1.165, 1.54) is 0 Å². The summed E-state index contributed by atoms with van der Waals surface area (Å²) in [6.45, 7) is 8.50. The molecule has 2 unspecified atom stereocenters. The predicted molar refractivity (Wildman–Crippen MR) is 71.6 cm³/mol. The summed E-state index contributed by atoms with van der Waals surface area (Å²) >= 11 is 0. The Bertz CT molecular complexity index is 327. The normalized spacial score (nSPS) is 23.5. The Morgan fingerprint density at radius 2 is 2.11 bits per heavy atom. The number of ether oxygens (including phenoxy) is 2. The van der Waals surface area contributed by atoms with E-state index in [0.29, 0.717) is 19.6 Å². The van der Waals surface area contributed by atoms with Gasteiger partial charge in [0.25, 0.3) is 0 Å². The molecule has 19 heavy (non-hydrogen) atoms. The Morgan fingerprint density at radius 1 is 1.42 bits per heavy atom. The zero-order valence-electron chi connectivity index (χ0n) is 12.3. The minimum Gasteiger partial charge on any atom is -0.465 e. The summed E-state index contributed by atoms with van der Waals surface area (Å²) in [4.78, 5) is 23.8. The first-order valence-electron chi connectivity index (χ1n) is 7.00. The average Bonchev–Trinajstić information content (AvgIpc) is 2.28. The number of nitrogens with one attached hydrogen (secondary N) is 1. The van der Waals surface area contributed by atoms with Crippen LogP contribution in [0.5, 0.6) is 0 Å². The van der Waals surface area contributed by atoms with Crippen molar-refractivity contribution in [2.45, 2.75) is 58.6 Å². The van der Waals surface area contributed by atoms with Crippen LogP contribution in [0.1, 0.15) is 47.0 Å². The first-order chi connectivity index (χ1) is 8.89. The fraction of sp³-hybridized carbons (Fsp3) is 0.857. The lowest BCUT2D eigenvalue weighted by Crippen LogP contribution is -2.48. The standard InChI is InChI=1S/C14H25NO4/c1-5-11(13(17)18-6-2)12(16)15-10-7-8-19-14(3,4)9-10/h10-11H,5-9H2,1-4H3,(H,15,16). The van der Waals surface area contributed by atoms with Gasteiger partial charge in [-0.1, -0.05) is 6.92 Å². The molecule has 1 amide bonds. The minimum atomic E-state index is -0.703. The van der Waals surface area contributed by atoms with Crippen molar-refractivity contribution >= 4 is 11.9 Å². The van der Waals surface area contributed by atoms with Gasteiger partial charge in [-0.25, -0.2) is 0 Å². The van der Waals surface area contributed by atoms with Crippen LogP contribution >= 0.6 is 0 Å². The molecule has 5 nitrogen and oxygen atoms in total. The third kappa shape index (κ3) is 4.82. The Morgan fingerprint density at radius 3 is 2.63 bits per heavy atom. The molecule has 110 valence electrons. The first kappa shape index (κ1) is 16.0. The van der Waals surface area contributed by atoms with Crippen LogP contribution < -0.4 is 5.32 Å². The largest absolute Gasteiger partial charge is 0.465 e. The summed E-state index contributed by atoms with van der Waals surface area (Å²) in [6.07, 6.45) is 2.00. The van der Waals surface area contributed by atoms with E-state index in [1.807, 2.05) is 20.8 Å². The maximum atomic E-state index is 12.1. The van der Waals surface area contributed by atoms with E-state index in [1.54, 1.807) is 6.92 Å². The van der Waals surface area contributed by atoms with Gasteiger partial charge < -0.3 is 14.8 Å². The number of hydrogen-bond acceptors (Lipinski definition) is 4. The number of amides is 1. The molecule has 1 rings (SSSR count). The molecule has 0 aromatic rings. The van der Waals surface area contributed by atoms with Gasteiger partial charge in [0.15, 0.2) is 0 Å². The summed E-state index contributed by atoms with van der Waals surface area (Å²) in [6, 6.07) is 0.0692. The Hall–Kier alpha value is -1.10. The second-order valence-electron chi connectivity index (χ2n) is 5.52. The van der Waals surface area contributed by atoms with E-state index in [-0.39, 0.29) is 17.6 Å². The SMILES string of the molecule is CCOC(=O)C(CC)C(=O)NC1CCOC(C)(C)C1. The van der Waals surface area contributed by atoms with Crippen LogP contribution in [0.15, 0.2) is 0 Å². The molecule has 0 spiro atoms. The molecule has 1 N–H and O–H groups in total. The van der Waals surface area contributed by atoms with Crippen molar-refractivity contribution in [2.24, 2.45) is 5.92 Å². The van der Waals surface area contributed by atoms with Gasteiger partial charge in [-0.05, 0) is 40.0 Å². The summed E-state index contributed by atoms with van der Waals surface area (Å²) in [5.74, 6) is -1.37. The molecule has 0 aliphatic carbocycles. The van der Waals surface area contributed by atoms with Crippen LogP contribution in [0.4, 0.5) is 0 Å². The molecule has 0 aromatic heterocycles. The van der Waals surface area contributed by atoms with E-state index in [0.717, 1.165) is 12.8 Å². The lowest BCUT2D eigenvalue weighted by molar-refractivity contribution is -0.152. The molecule has 1 saturated heterocycles. The van der Waals surface area contributed by atoms with Gasteiger partial charge in [-0.3, -0.25) is 9.59 Å². The Kier molecular flexibility index (Phi) is 5.79.